The van der Waals surface area contributed by atoms with E-state index in [0.29, 0.717) is 18.9 Å². The molecule has 4 rings (SSSR count). The fraction of sp³-hybridized carbons (Fsp3) is 0.211. The lowest BCUT2D eigenvalue weighted by Crippen LogP contribution is -2.26. The van der Waals surface area contributed by atoms with Crippen molar-refractivity contribution in [2.45, 2.75) is 12.3 Å². The number of nitrogens with one attached hydrogen (secondary N) is 1. The van der Waals surface area contributed by atoms with E-state index in [1.165, 1.54) is 4.90 Å². The van der Waals surface area contributed by atoms with Crippen molar-refractivity contribution in [2.75, 3.05) is 18.4 Å². The Morgan fingerprint density at radius 1 is 1.23 bits per heavy atom. The van der Waals surface area contributed by atoms with Crippen molar-refractivity contribution in [3.05, 3.63) is 59.0 Å². The van der Waals surface area contributed by atoms with Crippen molar-refractivity contribution in [2.24, 2.45) is 0 Å². The van der Waals surface area contributed by atoms with Crippen LogP contribution in [0.3, 0.4) is 0 Å². The van der Waals surface area contributed by atoms with Gasteiger partial charge >= 0.3 is 6.09 Å². The molecule has 7 heteroatoms. The van der Waals surface area contributed by atoms with Gasteiger partial charge in [-0.15, -0.1) is 0 Å². The number of hydrogen-bond acceptors (Lipinski definition) is 5. The van der Waals surface area contributed by atoms with E-state index in [2.05, 4.69) is 15.7 Å². The van der Waals surface area contributed by atoms with Gasteiger partial charge in [0.1, 0.15) is 11.6 Å². The Morgan fingerprint density at radius 2 is 2.08 bits per heavy atom. The van der Waals surface area contributed by atoms with E-state index in [-0.39, 0.29) is 5.92 Å². The second-order valence-corrected chi connectivity index (χ2v) is 6.99. The SMILES string of the molecule is O=C(O)N1CCC(c2nc(Nc3ccccc3)cc(-c3ccsc3)n2)C1. The molecule has 132 valence electrons. The van der Waals surface area contributed by atoms with Crippen LogP contribution in [0.5, 0.6) is 0 Å². The van der Waals surface area contributed by atoms with Gasteiger partial charge in [0.2, 0.25) is 0 Å². The average Bonchev–Trinajstić information content (AvgIpc) is 3.34. The fourth-order valence-corrected chi connectivity index (χ4v) is 3.73. The smallest absolute Gasteiger partial charge is 0.407 e. The average molecular weight is 366 g/mol. The van der Waals surface area contributed by atoms with E-state index >= 15 is 0 Å². The Labute approximate surface area is 155 Å². The molecule has 3 aromatic rings. The number of anilines is 2. The molecule has 26 heavy (non-hydrogen) atoms. The predicted molar refractivity (Wildman–Crippen MR) is 102 cm³/mol. The molecule has 6 nitrogen and oxygen atoms in total. The summed E-state index contributed by atoms with van der Waals surface area (Å²) in [5.74, 6) is 1.42. The molecular weight excluding hydrogens is 348 g/mol. The molecule has 0 radical (unpaired) electrons. The number of carbonyl (C=O) groups is 1. The van der Waals surface area contributed by atoms with E-state index in [9.17, 15) is 9.90 Å². The molecule has 1 saturated heterocycles. The maximum Gasteiger partial charge on any atom is 0.407 e. The zero-order valence-corrected chi connectivity index (χ0v) is 14.8. The number of rotatable bonds is 4. The zero-order chi connectivity index (χ0) is 17.9. The molecule has 3 heterocycles. The number of carboxylic acid groups (broad SMARTS) is 1. The standard InChI is InChI=1S/C19H18N4O2S/c24-19(25)23-8-6-13(11-23)18-21-16(14-7-9-26-12-14)10-17(22-18)20-15-4-2-1-3-5-15/h1-5,7,9-10,12-13H,6,8,11H2,(H,24,25)(H,20,21,22). The Hall–Kier alpha value is -2.93. The highest BCUT2D eigenvalue weighted by molar-refractivity contribution is 7.08. The summed E-state index contributed by atoms with van der Waals surface area (Å²) in [4.78, 5) is 22.0. The quantitative estimate of drug-likeness (QED) is 0.715. The Balaban J connectivity index is 1.68. The summed E-state index contributed by atoms with van der Waals surface area (Å²) in [6.07, 6.45) is -0.145. The summed E-state index contributed by atoms with van der Waals surface area (Å²) < 4.78 is 0. The lowest BCUT2D eigenvalue weighted by molar-refractivity contribution is 0.155. The number of para-hydroxylation sites is 1. The number of amides is 1. The summed E-state index contributed by atoms with van der Waals surface area (Å²) in [6.45, 7) is 0.959. The first-order valence-corrected chi connectivity index (χ1v) is 9.35. The molecule has 1 amide bonds. The Morgan fingerprint density at radius 3 is 2.77 bits per heavy atom. The second-order valence-electron chi connectivity index (χ2n) is 6.21. The van der Waals surface area contributed by atoms with Crippen LogP contribution in [-0.4, -0.2) is 39.2 Å². The van der Waals surface area contributed by atoms with Gasteiger partial charge in [-0.3, -0.25) is 0 Å². The molecular formula is C19H18N4O2S. The minimum absolute atomic E-state index is 0.0148. The summed E-state index contributed by atoms with van der Waals surface area (Å²) in [7, 11) is 0. The maximum atomic E-state index is 11.2. The normalized spacial score (nSPS) is 16.6. The molecule has 0 spiro atoms. The third-order valence-electron chi connectivity index (χ3n) is 4.43. The summed E-state index contributed by atoms with van der Waals surface area (Å²) >= 11 is 1.62. The number of aromatic nitrogens is 2. The van der Waals surface area contributed by atoms with Crippen LogP contribution < -0.4 is 5.32 Å². The molecule has 1 aromatic carbocycles. The van der Waals surface area contributed by atoms with Gasteiger partial charge in [0, 0.05) is 41.7 Å². The van der Waals surface area contributed by atoms with E-state index in [0.717, 1.165) is 29.2 Å². The second kappa shape index (κ2) is 7.13. The minimum Gasteiger partial charge on any atom is -0.465 e. The van der Waals surface area contributed by atoms with E-state index in [4.69, 9.17) is 4.98 Å². The van der Waals surface area contributed by atoms with E-state index < -0.39 is 6.09 Å². The molecule has 1 aliphatic heterocycles. The number of nitrogens with zero attached hydrogens (tertiary/aromatic N) is 3. The third-order valence-corrected chi connectivity index (χ3v) is 5.11. The van der Waals surface area contributed by atoms with Crippen LogP contribution in [0.25, 0.3) is 11.3 Å². The molecule has 2 aromatic heterocycles. The zero-order valence-electron chi connectivity index (χ0n) is 14.0. The van der Waals surface area contributed by atoms with E-state index in [1.807, 2.05) is 47.8 Å². The van der Waals surface area contributed by atoms with Crippen molar-refractivity contribution >= 4 is 28.9 Å². The Kier molecular flexibility index (Phi) is 4.53. The summed E-state index contributed by atoms with van der Waals surface area (Å²) in [5.41, 5.74) is 2.85. The lowest BCUT2D eigenvalue weighted by atomic mass is 10.1. The number of likely N-dealkylation sites (tertiary alicyclic amines) is 1. The Bertz CT molecular complexity index is 899. The van der Waals surface area contributed by atoms with Crippen LogP contribution in [0.4, 0.5) is 16.3 Å². The summed E-state index contributed by atoms with van der Waals surface area (Å²) in [5, 5.41) is 16.6. The van der Waals surface area contributed by atoms with Gasteiger partial charge in [-0.1, -0.05) is 18.2 Å². The molecule has 0 bridgehead atoms. The number of thiophene rings is 1. The van der Waals surface area contributed by atoms with Gasteiger partial charge in [-0.05, 0) is 30.0 Å². The fourth-order valence-electron chi connectivity index (χ4n) is 3.08. The van der Waals surface area contributed by atoms with Gasteiger partial charge in [0.05, 0.1) is 5.69 Å². The van der Waals surface area contributed by atoms with Crippen LogP contribution in [0, 0.1) is 0 Å². The van der Waals surface area contributed by atoms with Crippen LogP contribution in [-0.2, 0) is 0 Å². The van der Waals surface area contributed by atoms with E-state index in [1.54, 1.807) is 11.3 Å². The first-order chi connectivity index (χ1) is 12.7. The van der Waals surface area contributed by atoms with Gasteiger partial charge in [-0.2, -0.15) is 11.3 Å². The van der Waals surface area contributed by atoms with Gasteiger partial charge in [0.15, 0.2) is 0 Å². The number of hydrogen-bond donors (Lipinski definition) is 2. The molecule has 1 atom stereocenters. The van der Waals surface area contributed by atoms with Crippen molar-refractivity contribution < 1.29 is 9.90 Å². The van der Waals surface area contributed by atoms with Crippen LogP contribution in [0.1, 0.15) is 18.2 Å². The molecule has 1 aliphatic rings. The lowest BCUT2D eigenvalue weighted by Gasteiger charge is -2.14. The maximum absolute atomic E-state index is 11.2. The molecule has 0 saturated carbocycles. The van der Waals surface area contributed by atoms with Crippen LogP contribution in [0.15, 0.2) is 53.2 Å². The first-order valence-electron chi connectivity index (χ1n) is 8.40. The molecule has 2 N–H and O–H groups in total. The monoisotopic (exact) mass is 366 g/mol. The van der Waals surface area contributed by atoms with Crippen molar-refractivity contribution in [3.63, 3.8) is 0 Å². The third kappa shape index (κ3) is 3.52. The first kappa shape index (κ1) is 16.5. The van der Waals surface area contributed by atoms with Gasteiger partial charge in [0.25, 0.3) is 0 Å². The molecule has 1 fully saturated rings. The highest BCUT2D eigenvalue weighted by Gasteiger charge is 2.29. The van der Waals surface area contributed by atoms with Crippen LogP contribution >= 0.6 is 11.3 Å². The van der Waals surface area contributed by atoms with Crippen molar-refractivity contribution in [1.29, 1.82) is 0 Å². The predicted octanol–water partition coefficient (Wildman–Crippen LogP) is 4.42. The number of benzene rings is 1. The molecule has 0 aliphatic carbocycles. The highest BCUT2D eigenvalue weighted by atomic mass is 32.1. The topological polar surface area (TPSA) is 78.3 Å². The molecule has 1 unspecified atom stereocenters. The van der Waals surface area contributed by atoms with Gasteiger partial charge < -0.3 is 15.3 Å². The van der Waals surface area contributed by atoms with Crippen molar-refractivity contribution in [1.82, 2.24) is 14.9 Å². The van der Waals surface area contributed by atoms with Crippen LogP contribution in [0.2, 0.25) is 0 Å². The minimum atomic E-state index is -0.885. The highest BCUT2D eigenvalue weighted by Crippen LogP contribution is 2.30. The van der Waals surface area contributed by atoms with Gasteiger partial charge in [-0.25, -0.2) is 14.8 Å². The van der Waals surface area contributed by atoms with Crippen molar-refractivity contribution in [3.8, 4) is 11.3 Å². The largest absolute Gasteiger partial charge is 0.465 e. The summed E-state index contributed by atoms with van der Waals surface area (Å²) in [6, 6.07) is 13.8.